The number of carbonyl (C=O) groups excluding carboxylic acids is 2. The number of nitrogens with one attached hydrogen (secondary N) is 3. The number of hydrogen-bond acceptors (Lipinski definition) is 3. The zero-order chi connectivity index (χ0) is 20.9. The van der Waals surface area contributed by atoms with Gasteiger partial charge in [0.15, 0.2) is 0 Å². The summed E-state index contributed by atoms with van der Waals surface area (Å²) in [6, 6.07) is 24.2. The second-order valence-electron chi connectivity index (χ2n) is 7.69. The Morgan fingerprint density at radius 2 is 1.50 bits per heavy atom. The SMILES string of the molecule is Cc1ccc(NC(=O)C(Nc2cccc(NC(=O)C3CC3)c2)c2ccccc2)cc1. The molecule has 1 atom stereocenters. The Bertz CT molecular complexity index is 1030. The minimum Gasteiger partial charge on any atom is -0.370 e. The van der Waals surface area contributed by atoms with Gasteiger partial charge in [-0.05, 0) is 55.7 Å². The highest BCUT2D eigenvalue weighted by molar-refractivity contribution is 5.98. The fraction of sp³-hybridized carbons (Fsp3) is 0.200. The van der Waals surface area contributed by atoms with Crippen molar-refractivity contribution in [3.63, 3.8) is 0 Å². The molecule has 0 spiro atoms. The van der Waals surface area contributed by atoms with Crippen molar-refractivity contribution in [2.45, 2.75) is 25.8 Å². The maximum atomic E-state index is 13.1. The number of amides is 2. The summed E-state index contributed by atoms with van der Waals surface area (Å²) in [4.78, 5) is 25.2. The molecule has 1 aliphatic rings. The third-order valence-electron chi connectivity index (χ3n) is 5.10. The average Bonchev–Trinajstić information content (AvgIpc) is 3.60. The lowest BCUT2D eigenvalue weighted by Crippen LogP contribution is -2.27. The summed E-state index contributed by atoms with van der Waals surface area (Å²) in [5.41, 5.74) is 4.23. The van der Waals surface area contributed by atoms with Crippen LogP contribution in [0.2, 0.25) is 0 Å². The van der Waals surface area contributed by atoms with Crippen molar-refractivity contribution < 1.29 is 9.59 Å². The highest BCUT2D eigenvalue weighted by Gasteiger charge is 2.29. The van der Waals surface area contributed by atoms with E-state index in [1.807, 2.05) is 85.8 Å². The molecule has 1 unspecified atom stereocenters. The van der Waals surface area contributed by atoms with E-state index in [2.05, 4.69) is 16.0 Å². The number of aryl methyl sites for hydroxylation is 1. The van der Waals surface area contributed by atoms with Crippen LogP contribution in [0.4, 0.5) is 17.1 Å². The average molecular weight is 399 g/mol. The first-order valence-corrected chi connectivity index (χ1v) is 10.2. The third kappa shape index (κ3) is 5.06. The Hall–Kier alpha value is -3.60. The fourth-order valence-electron chi connectivity index (χ4n) is 3.24. The van der Waals surface area contributed by atoms with Crippen LogP contribution in [0, 0.1) is 12.8 Å². The summed E-state index contributed by atoms with van der Waals surface area (Å²) in [6.45, 7) is 2.01. The molecule has 0 bridgehead atoms. The number of benzene rings is 3. The van der Waals surface area contributed by atoms with Crippen LogP contribution in [0.15, 0.2) is 78.9 Å². The van der Waals surface area contributed by atoms with Gasteiger partial charge in [-0.1, -0.05) is 54.1 Å². The van der Waals surface area contributed by atoms with Gasteiger partial charge in [-0.3, -0.25) is 9.59 Å². The van der Waals surface area contributed by atoms with Gasteiger partial charge in [0.05, 0.1) is 0 Å². The standard InChI is InChI=1S/C25H25N3O2/c1-17-10-14-20(15-11-17)27-25(30)23(18-6-3-2-4-7-18)26-21-8-5-9-22(16-21)28-24(29)19-12-13-19/h2-11,14-16,19,23,26H,12-13H2,1H3,(H,27,30)(H,28,29). The van der Waals surface area contributed by atoms with Gasteiger partial charge in [0.2, 0.25) is 5.91 Å². The van der Waals surface area contributed by atoms with Crippen LogP contribution in [0.25, 0.3) is 0 Å². The second kappa shape index (κ2) is 8.82. The predicted molar refractivity (Wildman–Crippen MR) is 120 cm³/mol. The van der Waals surface area contributed by atoms with Gasteiger partial charge in [0, 0.05) is 23.0 Å². The Labute approximate surface area is 176 Å². The lowest BCUT2D eigenvalue weighted by Gasteiger charge is -2.20. The topological polar surface area (TPSA) is 70.2 Å². The molecule has 0 saturated heterocycles. The van der Waals surface area contributed by atoms with E-state index in [0.717, 1.165) is 41.0 Å². The molecule has 1 fully saturated rings. The highest BCUT2D eigenvalue weighted by atomic mass is 16.2. The summed E-state index contributed by atoms with van der Waals surface area (Å²) >= 11 is 0. The van der Waals surface area contributed by atoms with Gasteiger partial charge in [-0.2, -0.15) is 0 Å². The van der Waals surface area contributed by atoms with Gasteiger partial charge in [0.25, 0.3) is 5.91 Å². The molecule has 1 aliphatic carbocycles. The third-order valence-corrected chi connectivity index (χ3v) is 5.10. The lowest BCUT2D eigenvalue weighted by atomic mass is 10.1. The van der Waals surface area contributed by atoms with Crippen LogP contribution in [-0.2, 0) is 9.59 Å². The Morgan fingerprint density at radius 3 is 2.20 bits per heavy atom. The Balaban J connectivity index is 1.53. The van der Waals surface area contributed by atoms with Gasteiger partial charge in [-0.25, -0.2) is 0 Å². The highest BCUT2D eigenvalue weighted by Crippen LogP contribution is 2.31. The summed E-state index contributed by atoms with van der Waals surface area (Å²) < 4.78 is 0. The summed E-state index contributed by atoms with van der Waals surface area (Å²) in [5, 5.41) is 9.26. The van der Waals surface area contributed by atoms with Crippen molar-refractivity contribution >= 4 is 28.9 Å². The molecule has 4 rings (SSSR count). The largest absolute Gasteiger partial charge is 0.370 e. The van der Waals surface area contributed by atoms with Crippen LogP contribution < -0.4 is 16.0 Å². The van der Waals surface area contributed by atoms with E-state index in [4.69, 9.17) is 0 Å². The van der Waals surface area contributed by atoms with Crippen molar-refractivity contribution in [2.24, 2.45) is 5.92 Å². The minimum atomic E-state index is -0.582. The monoisotopic (exact) mass is 399 g/mol. The van der Waals surface area contributed by atoms with Gasteiger partial charge < -0.3 is 16.0 Å². The van der Waals surface area contributed by atoms with E-state index in [1.165, 1.54) is 0 Å². The smallest absolute Gasteiger partial charge is 0.251 e. The number of rotatable bonds is 7. The molecular weight excluding hydrogens is 374 g/mol. The molecule has 5 nitrogen and oxygen atoms in total. The summed E-state index contributed by atoms with van der Waals surface area (Å²) in [6.07, 6.45) is 1.91. The first kappa shape index (κ1) is 19.7. The van der Waals surface area contributed by atoms with E-state index in [-0.39, 0.29) is 17.7 Å². The van der Waals surface area contributed by atoms with E-state index in [1.54, 1.807) is 0 Å². The number of carbonyl (C=O) groups is 2. The molecule has 0 radical (unpaired) electrons. The van der Waals surface area contributed by atoms with Crippen molar-refractivity contribution in [1.29, 1.82) is 0 Å². The van der Waals surface area contributed by atoms with Gasteiger partial charge in [0.1, 0.15) is 6.04 Å². The first-order chi connectivity index (χ1) is 14.6. The maximum Gasteiger partial charge on any atom is 0.251 e. The Morgan fingerprint density at radius 1 is 0.800 bits per heavy atom. The van der Waals surface area contributed by atoms with E-state index in [9.17, 15) is 9.59 Å². The predicted octanol–water partition coefficient (Wildman–Crippen LogP) is 5.14. The van der Waals surface area contributed by atoms with Crippen LogP contribution >= 0.6 is 0 Å². The van der Waals surface area contributed by atoms with E-state index >= 15 is 0 Å². The Kier molecular flexibility index (Phi) is 5.80. The molecule has 5 heteroatoms. The molecule has 3 N–H and O–H groups in total. The van der Waals surface area contributed by atoms with Gasteiger partial charge in [-0.15, -0.1) is 0 Å². The van der Waals surface area contributed by atoms with Crippen molar-refractivity contribution in [3.8, 4) is 0 Å². The van der Waals surface area contributed by atoms with Crippen molar-refractivity contribution in [2.75, 3.05) is 16.0 Å². The zero-order valence-corrected chi connectivity index (χ0v) is 16.9. The number of hydrogen-bond donors (Lipinski definition) is 3. The molecule has 0 aromatic heterocycles. The van der Waals surface area contributed by atoms with Crippen molar-refractivity contribution in [3.05, 3.63) is 90.0 Å². The van der Waals surface area contributed by atoms with Crippen LogP contribution in [0.5, 0.6) is 0 Å². The van der Waals surface area contributed by atoms with E-state index in [0.29, 0.717) is 0 Å². The normalized spacial score (nSPS) is 13.9. The van der Waals surface area contributed by atoms with Crippen molar-refractivity contribution in [1.82, 2.24) is 0 Å². The molecule has 152 valence electrons. The summed E-state index contributed by atoms with van der Waals surface area (Å²) in [7, 11) is 0. The van der Waals surface area contributed by atoms with Crippen LogP contribution in [0.1, 0.15) is 30.0 Å². The minimum absolute atomic E-state index is 0.0591. The van der Waals surface area contributed by atoms with E-state index < -0.39 is 6.04 Å². The molecule has 0 heterocycles. The van der Waals surface area contributed by atoms with Gasteiger partial charge >= 0.3 is 0 Å². The maximum absolute atomic E-state index is 13.1. The molecule has 1 saturated carbocycles. The molecule has 3 aromatic rings. The first-order valence-electron chi connectivity index (χ1n) is 10.2. The number of anilines is 3. The second-order valence-corrected chi connectivity index (χ2v) is 7.69. The molecule has 0 aliphatic heterocycles. The summed E-state index contributed by atoms with van der Waals surface area (Å²) in [5.74, 6) is 0.0420. The lowest BCUT2D eigenvalue weighted by molar-refractivity contribution is -0.118. The quantitative estimate of drug-likeness (QED) is 0.515. The molecular formula is C25H25N3O2. The molecule has 30 heavy (non-hydrogen) atoms. The molecule has 2 amide bonds. The fourth-order valence-corrected chi connectivity index (χ4v) is 3.24. The van der Waals surface area contributed by atoms with Crippen LogP contribution in [-0.4, -0.2) is 11.8 Å². The van der Waals surface area contributed by atoms with Crippen LogP contribution in [0.3, 0.4) is 0 Å². The molecule has 3 aromatic carbocycles. The zero-order valence-electron chi connectivity index (χ0n) is 16.9.